The van der Waals surface area contributed by atoms with E-state index in [1.54, 1.807) is 30.0 Å². The summed E-state index contributed by atoms with van der Waals surface area (Å²) in [5.41, 5.74) is 4.18. The summed E-state index contributed by atoms with van der Waals surface area (Å²) in [6, 6.07) is 32.6. The second-order valence-electron chi connectivity index (χ2n) is 9.34. The van der Waals surface area contributed by atoms with Crippen molar-refractivity contribution in [2.24, 2.45) is 0 Å². The van der Waals surface area contributed by atoms with Gasteiger partial charge in [0, 0.05) is 11.8 Å². The molecule has 1 unspecified atom stereocenters. The zero-order valence-corrected chi connectivity index (χ0v) is 21.5. The van der Waals surface area contributed by atoms with E-state index in [0.717, 1.165) is 22.4 Å². The van der Waals surface area contributed by atoms with Crippen LogP contribution in [-0.4, -0.2) is 31.1 Å². The number of carbonyl (C=O) groups is 2. The van der Waals surface area contributed by atoms with Crippen LogP contribution in [0.15, 0.2) is 103 Å². The van der Waals surface area contributed by atoms with Crippen LogP contribution >= 0.6 is 0 Å². The van der Waals surface area contributed by atoms with E-state index in [2.05, 4.69) is 5.32 Å². The van der Waals surface area contributed by atoms with Crippen LogP contribution in [0.5, 0.6) is 11.5 Å². The maximum Gasteiger partial charge on any atom is 0.267 e. The van der Waals surface area contributed by atoms with E-state index in [-0.39, 0.29) is 11.8 Å². The first kappa shape index (κ1) is 25.1. The molecule has 0 radical (unpaired) electrons. The minimum absolute atomic E-state index is 0.129. The maximum absolute atomic E-state index is 13.5. The molecule has 0 aromatic heterocycles. The molecule has 1 aliphatic rings. The number of rotatable bonds is 8. The van der Waals surface area contributed by atoms with Gasteiger partial charge in [-0.05, 0) is 54.8 Å². The van der Waals surface area contributed by atoms with E-state index < -0.39 is 12.0 Å². The fraction of sp³-hybridized carbons (Fsp3) is 0.188. The lowest BCUT2D eigenvalue weighted by molar-refractivity contribution is -0.125. The lowest BCUT2D eigenvalue weighted by atomic mass is 9.90. The van der Waals surface area contributed by atoms with Gasteiger partial charge in [0.05, 0.1) is 18.2 Å². The zero-order valence-electron chi connectivity index (χ0n) is 21.5. The highest BCUT2D eigenvalue weighted by molar-refractivity contribution is 6.02. The van der Waals surface area contributed by atoms with Gasteiger partial charge in [-0.2, -0.15) is 0 Å². The highest BCUT2D eigenvalue weighted by Crippen LogP contribution is 2.37. The van der Waals surface area contributed by atoms with E-state index in [1.165, 1.54) is 0 Å². The number of aryl methyl sites for hydroxylation is 1. The second kappa shape index (κ2) is 11.2. The van der Waals surface area contributed by atoms with Crippen molar-refractivity contribution in [2.75, 3.05) is 23.4 Å². The maximum atomic E-state index is 13.5. The molecule has 0 bridgehead atoms. The zero-order chi connectivity index (χ0) is 26.5. The van der Waals surface area contributed by atoms with Crippen molar-refractivity contribution in [1.82, 2.24) is 0 Å². The molecule has 2 amide bonds. The number of nitrogens with zero attached hydrogens (tertiary/aromatic N) is 1. The van der Waals surface area contributed by atoms with Crippen molar-refractivity contribution < 1.29 is 19.1 Å². The van der Waals surface area contributed by atoms with E-state index in [4.69, 9.17) is 9.47 Å². The third kappa shape index (κ3) is 5.54. The molecular formula is C32H30N2O4. The quantitative estimate of drug-likeness (QED) is 0.320. The number of ether oxygens (including phenoxy) is 2. The molecule has 6 heteroatoms. The standard InChI is InChI=1S/C32H30N2O4/c1-22-10-9-15-27(20-22)37-19-18-34-28-17-16-26(21-29(28)38-23(2)32(34)36)33-31(35)30(24-11-5-3-6-12-24)25-13-7-4-8-14-25/h3-17,20-21,23,30H,18-19H2,1-2H3,(H,33,35). The Balaban J connectivity index is 1.34. The van der Waals surface area contributed by atoms with Crippen LogP contribution in [0.4, 0.5) is 11.4 Å². The molecule has 4 aromatic carbocycles. The molecule has 0 spiro atoms. The molecule has 4 aromatic rings. The Morgan fingerprint density at radius 3 is 2.26 bits per heavy atom. The molecule has 1 heterocycles. The fourth-order valence-corrected chi connectivity index (χ4v) is 4.68. The number of hydrogen-bond acceptors (Lipinski definition) is 4. The molecule has 1 aliphatic heterocycles. The second-order valence-corrected chi connectivity index (χ2v) is 9.34. The third-order valence-corrected chi connectivity index (χ3v) is 6.54. The van der Waals surface area contributed by atoms with E-state index in [0.29, 0.717) is 30.3 Å². The molecule has 6 nitrogen and oxygen atoms in total. The van der Waals surface area contributed by atoms with Gasteiger partial charge in [-0.25, -0.2) is 0 Å². The predicted octanol–water partition coefficient (Wildman–Crippen LogP) is 5.96. The molecule has 38 heavy (non-hydrogen) atoms. The van der Waals surface area contributed by atoms with Gasteiger partial charge in [0.25, 0.3) is 5.91 Å². The molecule has 0 aliphatic carbocycles. The van der Waals surface area contributed by atoms with Gasteiger partial charge in [-0.15, -0.1) is 0 Å². The van der Waals surface area contributed by atoms with Crippen LogP contribution in [-0.2, 0) is 9.59 Å². The van der Waals surface area contributed by atoms with Crippen LogP contribution in [0.3, 0.4) is 0 Å². The van der Waals surface area contributed by atoms with Crippen LogP contribution in [0.1, 0.15) is 29.5 Å². The summed E-state index contributed by atoms with van der Waals surface area (Å²) in [5.74, 6) is 0.566. The van der Waals surface area contributed by atoms with Crippen LogP contribution in [0, 0.1) is 6.92 Å². The Hall–Kier alpha value is -4.58. The highest BCUT2D eigenvalue weighted by atomic mass is 16.5. The topological polar surface area (TPSA) is 67.9 Å². The van der Waals surface area contributed by atoms with E-state index >= 15 is 0 Å². The fourth-order valence-electron chi connectivity index (χ4n) is 4.68. The average Bonchev–Trinajstić information content (AvgIpc) is 2.92. The monoisotopic (exact) mass is 506 g/mol. The number of hydrogen-bond donors (Lipinski definition) is 1. The summed E-state index contributed by atoms with van der Waals surface area (Å²) in [6.07, 6.45) is -0.645. The average molecular weight is 507 g/mol. The minimum atomic E-state index is -0.645. The summed E-state index contributed by atoms with van der Waals surface area (Å²) in [4.78, 5) is 28.1. The van der Waals surface area contributed by atoms with Crippen molar-refractivity contribution in [3.63, 3.8) is 0 Å². The van der Waals surface area contributed by atoms with Crippen molar-refractivity contribution in [3.05, 3.63) is 120 Å². The molecule has 0 fully saturated rings. The van der Waals surface area contributed by atoms with Crippen LogP contribution in [0.25, 0.3) is 0 Å². The number of carbonyl (C=O) groups excluding carboxylic acids is 2. The molecule has 0 saturated heterocycles. The summed E-state index contributed by atoms with van der Waals surface area (Å²) >= 11 is 0. The summed E-state index contributed by atoms with van der Waals surface area (Å²) < 4.78 is 11.8. The lowest BCUT2D eigenvalue weighted by Gasteiger charge is -2.33. The lowest BCUT2D eigenvalue weighted by Crippen LogP contribution is -2.46. The molecule has 1 N–H and O–H groups in total. The van der Waals surface area contributed by atoms with Crippen molar-refractivity contribution in [2.45, 2.75) is 25.9 Å². The number of nitrogens with one attached hydrogen (secondary N) is 1. The van der Waals surface area contributed by atoms with Gasteiger partial charge >= 0.3 is 0 Å². The van der Waals surface area contributed by atoms with Gasteiger partial charge in [0.15, 0.2) is 6.10 Å². The Labute approximate surface area is 222 Å². The normalized spacial score (nSPS) is 14.6. The molecule has 1 atom stereocenters. The number of benzene rings is 4. The molecule has 192 valence electrons. The Kier molecular flexibility index (Phi) is 7.40. The van der Waals surface area contributed by atoms with Gasteiger partial charge in [0.1, 0.15) is 18.1 Å². The predicted molar refractivity (Wildman–Crippen MR) is 149 cm³/mol. The Morgan fingerprint density at radius 1 is 0.921 bits per heavy atom. The van der Waals surface area contributed by atoms with Crippen molar-refractivity contribution in [3.8, 4) is 11.5 Å². The highest BCUT2D eigenvalue weighted by Gasteiger charge is 2.32. The summed E-state index contributed by atoms with van der Waals surface area (Å²) in [7, 11) is 0. The van der Waals surface area contributed by atoms with E-state index in [9.17, 15) is 9.59 Å². The largest absolute Gasteiger partial charge is 0.492 e. The van der Waals surface area contributed by atoms with Crippen LogP contribution in [0.2, 0.25) is 0 Å². The SMILES string of the molecule is Cc1cccc(OCCN2C(=O)C(C)Oc3cc(NC(=O)C(c4ccccc4)c4ccccc4)ccc32)c1. The third-order valence-electron chi connectivity index (χ3n) is 6.54. The van der Waals surface area contributed by atoms with Gasteiger partial charge < -0.3 is 19.7 Å². The van der Waals surface area contributed by atoms with E-state index in [1.807, 2.05) is 91.9 Å². The van der Waals surface area contributed by atoms with Crippen LogP contribution < -0.4 is 19.7 Å². The van der Waals surface area contributed by atoms with Gasteiger partial charge in [0.2, 0.25) is 5.91 Å². The molecular weight excluding hydrogens is 476 g/mol. The first-order chi connectivity index (χ1) is 18.5. The first-order valence-corrected chi connectivity index (χ1v) is 12.7. The molecule has 5 rings (SSSR count). The number of anilines is 2. The smallest absolute Gasteiger partial charge is 0.267 e. The molecule has 0 saturated carbocycles. The summed E-state index contributed by atoms with van der Waals surface area (Å²) in [5, 5.41) is 3.05. The Bertz CT molecular complexity index is 1380. The van der Waals surface area contributed by atoms with Crippen molar-refractivity contribution >= 4 is 23.2 Å². The van der Waals surface area contributed by atoms with Crippen molar-refractivity contribution in [1.29, 1.82) is 0 Å². The minimum Gasteiger partial charge on any atom is -0.492 e. The van der Waals surface area contributed by atoms with Gasteiger partial charge in [-0.3, -0.25) is 9.59 Å². The number of amides is 2. The first-order valence-electron chi connectivity index (χ1n) is 12.7. The number of fused-ring (bicyclic) bond motifs is 1. The van der Waals surface area contributed by atoms with Gasteiger partial charge in [-0.1, -0.05) is 72.8 Å². The Morgan fingerprint density at radius 2 is 1.61 bits per heavy atom. The summed E-state index contributed by atoms with van der Waals surface area (Å²) in [6.45, 7) is 4.46.